The number of cyclic esters (lactones) is 1. The molecule has 5 heteroatoms. The van der Waals surface area contributed by atoms with Crippen LogP contribution in [0, 0.1) is 5.92 Å². The minimum absolute atomic E-state index is 0.0372. The van der Waals surface area contributed by atoms with Crippen molar-refractivity contribution in [3.05, 3.63) is 23.5 Å². The average Bonchev–Trinajstić information content (AvgIpc) is 2.68. The Kier molecular flexibility index (Phi) is 3.02. The number of aliphatic hydroxyl groups excluding tert-OH is 1. The van der Waals surface area contributed by atoms with E-state index in [1.54, 1.807) is 19.1 Å². The quantitative estimate of drug-likeness (QED) is 0.582. The minimum atomic E-state index is -0.744. The number of aliphatic hydroxyl groups is 1. The van der Waals surface area contributed by atoms with Crippen LogP contribution in [-0.4, -0.2) is 28.0 Å². The number of esters is 1. The van der Waals surface area contributed by atoms with E-state index in [0.29, 0.717) is 17.7 Å². The first-order valence-electron chi connectivity index (χ1n) is 5.56. The van der Waals surface area contributed by atoms with Gasteiger partial charge in [0, 0.05) is 11.6 Å². The molecule has 1 aromatic rings. The molecule has 1 aliphatic heterocycles. The molecule has 0 saturated carbocycles. The highest BCUT2D eigenvalue weighted by atomic mass is 16.5. The Labute approximate surface area is 99.0 Å². The molecule has 2 heterocycles. The highest BCUT2D eigenvalue weighted by Crippen LogP contribution is 2.29. The van der Waals surface area contributed by atoms with Gasteiger partial charge in [-0.15, -0.1) is 0 Å². The maximum absolute atomic E-state index is 11.6. The van der Waals surface area contributed by atoms with Crippen molar-refractivity contribution in [1.29, 1.82) is 0 Å². The van der Waals surface area contributed by atoms with E-state index < -0.39 is 12.1 Å². The Morgan fingerprint density at radius 2 is 2.18 bits per heavy atom. The van der Waals surface area contributed by atoms with E-state index in [9.17, 15) is 14.7 Å². The molecule has 1 aromatic heterocycles. The maximum Gasteiger partial charge on any atom is 0.326 e. The van der Waals surface area contributed by atoms with Crippen molar-refractivity contribution in [3.8, 4) is 0 Å². The summed E-state index contributed by atoms with van der Waals surface area (Å²) in [6, 6.07) is 3.28. The number of rotatable bonds is 1. The van der Waals surface area contributed by atoms with Crippen LogP contribution in [0.15, 0.2) is 12.1 Å². The predicted octanol–water partition coefficient (Wildman–Crippen LogP) is 0.915. The van der Waals surface area contributed by atoms with E-state index in [-0.39, 0.29) is 18.6 Å². The summed E-state index contributed by atoms with van der Waals surface area (Å²) in [5.41, 5.74) is 0.959. The van der Waals surface area contributed by atoms with Gasteiger partial charge in [-0.1, -0.05) is 6.92 Å². The van der Waals surface area contributed by atoms with Crippen LogP contribution in [0.1, 0.15) is 36.1 Å². The smallest absolute Gasteiger partial charge is 0.326 e. The Morgan fingerprint density at radius 3 is 2.82 bits per heavy atom. The third-order valence-electron chi connectivity index (χ3n) is 3.31. The first-order valence-corrected chi connectivity index (χ1v) is 5.56. The number of carbonyl (C=O) groups excluding carboxylic acids is 2. The average molecular weight is 237 g/mol. The highest BCUT2D eigenvalue weighted by Gasteiger charge is 2.31. The van der Waals surface area contributed by atoms with Crippen LogP contribution < -0.4 is 0 Å². The van der Waals surface area contributed by atoms with E-state index in [0.717, 1.165) is 0 Å². The summed E-state index contributed by atoms with van der Waals surface area (Å²) in [4.78, 5) is 22.4. The molecule has 0 spiro atoms. The number of carbonyl (C=O) groups is 2. The Balaban J connectivity index is 2.48. The van der Waals surface area contributed by atoms with Gasteiger partial charge in [0.15, 0.2) is 6.29 Å². The molecule has 3 atom stereocenters. The fourth-order valence-electron chi connectivity index (χ4n) is 2.05. The first kappa shape index (κ1) is 11.9. The number of nitrogens with zero attached hydrogens (tertiary/aromatic N) is 1. The van der Waals surface area contributed by atoms with Gasteiger partial charge in [0.2, 0.25) is 0 Å². The Bertz CT molecular complexity index is 451. The van der Waals surface area contributed by atoms with Gasteiger partial charge in [0.05, 0.1) is 5.69 Å². The molecule has 1 aliphatic rings. The van der Waals surface area contributed by atoms with Gasteiger partial charge in [-0.25, -0.2) is 0 Å². The summed E-state index contributed by atoms with van der Waals surface area (Å²) in [5.74, 6) is -0.607. The van der Waals surface area contributed by atoms with Gasteiger partial charge in [-0.3, -0.25) is 9.59 Å². The lowest BCUT2D eigenvalue weighted by molar-refractivity contribution is -0.155. The zero-order valence-electron chi connectivity index (χ0n) is 9.79. The lowest BCUT2D eigenvalue weighted by atomic mass is 9.96. The molecule has 5 nitrogen and oxygen atoms in total. The number of hydrogen-bond donors (Lipinski definition) is 1. The number of aromatic nitrogens is 1. The number of aldehydes is 1. The van der Waals surface area contributed by atoms with Crippen LogP contribution in [0.25, 0.3) is 0 Å². The number of ether oxygens (including phenoxy) is 1. The molecule has 0 fully saturated rings. The standard InChI is InChI=1S/C12H15NO4/c1-7-8(2)17-11(15)5-13-9(6-14)3-4-10(13)12(7)16/h3-4,6-8,12,16H,5H2,1-2H3/t7-,8-,12+/m0/s1. The zero-order valence-corrected chi connectivity index (χ0v) is 9.79. The van der Waals surface area contributed by atoms with E-state index >= 15 is 0 Å². The van der Waals surface area contributed by atoms with Crippen molar-refractivity contribution < 1.29 is 19.4 Å². The Morgan fingerprint density at radius 1 is 1.47 bits per heavy atom. The van der Waals surface area contributed by atoms with Crippen LogP contribution in [0.5, 0.6) is 0 Å². The van der Waals surface area contributed by atoms with Crippen LogP contribution in [0.2, 0.25) is 0 Å². The van der Waals surface area contributed by atoms with Crippen molar-refractivity contribution in [3.63, 3.8) is 0 Å². The van der Waals surface area contributed by atoms with Crippen LogP contribution >= 0.6 is 0 Å². The molecule has 0 amide bonds. The molecule has 0 radical (unpaired) electrons. The van der Waals surface area contributed by atoms with E-state index in [1.807, 2.05) is 6.92 Å². The Hall–Kier alpha value is -1.62. The molecule has 17 heavy (non-hydrogen) atoms. The molecule has 0 unspecified atom stereocenters. The molecular formula is C12H15NO4. The molecule has 1 N–H and O–H groups in total. The second-order valence-electron chi connectivity index (χ2n) is 4.39. The highest BCUT2D eigenvalue weighted by molar-refractivity contribution is 5.76. The fraction of sp³-hybridized carbons (Fsp3) is 0.500. The van der Waals surface area contributed by atoms with Gasteiger partial charge in [0.1, 0.15) is 18.8 Å². The summed E-state index contributed by atoms with van der Waals surface area (Å²) in [6.07, 6.45) is -0.424. The second-order valence-corrected chi connectivity index (χ2v) is 4.39. The van der Waals surface area contributed by atoms with Crippen molar-refractivity contribution in [2.75, 3.05) is 0 Å². The third kappa shape index (κ3) is 1.98. The number of fused-ring (bicyclic) bond motifs is 1. The van der Waals surface area contributed by atoms with Crippen LogP contribution in [-0.2, 0) is 16.1 Å². The number of hydrogen-bond acceptors (Lipinski definition) is 4. The van der Waals surface area contributed by atoms with Crippen LogP contribution in [0.4, 0.5) is 0 Å². The SMILES string of the molecule is C[C@H]1[C@H](C)OC(=O)Cn2c(C=O)ccc2[C@@H]1O. The van der Waals surface area contributed by atoms with E-state index in [1.165, 1.54) is 4.57 Å². The van der Waals surface area contributed by atoms with E-state index in [4.69, 9.17) is 4.74 Å². The summed E-state index contributed by atoms with van der Waals surface area (Å²) < 4.78 is 6.67. The van der Waals surface area contributed by atoms with Crippen molar-refractivity contribution >= 4 is 12.3 Å². The summed E-state index contributed by atoms with van der Waals surface area (Å²) in [5, 5.41) is 10.2. The minimum Gasteiger partial charge on any atom is -0.461 e. The maximum atomic E-state index is 11.6. The van der Waals surface area contributed by atoms with Gasteiger partial charge in [0.25, 0.3) is 0 Å². The first-order chi connectivity index (χ1) is 8.04. The monoisotopic (exact) mass is 237 g/mol. The normalized spacial score (nSPS) is 28.9. The largest absolute Gasteiger partial charge is 0.461 e. The second kappa shape index (κ2) is 4.33. The van der Waals surface area contributed by atoms with Crippen LogP contribution in [0.3, 0.4) is 0 Å². The molecule has 0 aliphatic carbocycles. The van der Waals surface area contributed by atoms with E-state index in [2.05, 4.69) is 0 Å². The lowest BCUT2D eigenvalue weighted by Gasteiger charge is -2.29. The topological polar surface area (TPSA) is 68.5 Å². The van der Waals surface area contributed by atoms with Crippen molar-refractivity contribution in [1.82, 2.24) is 4.57 Å². The fourth-order valence-corrected chi connectivity index (χ4v) is 2.05. The lowest BCUT2D eigenvalue weighted by Crippen LogP contribution is -2.33. The van der Waals surface area contributed by atoms with Gasteiger partial charge < -0.3 is 14.4 Å². The molecular weight excluding hydrogens is 222 g/mol. The molecule has 2 rings (SSSR count). The van der Waals surface area contributed by atoms with Gasteiger partial charge >= 0.3 is 5.97 Å². The van der Waals surface area contributed by atoms with Crippen molar-refractivity contribution in [2.45, 2.75) is 32.6 Å². The summed E-state index contributed by atoms with van der Waals surface area (Å²) >= 11 is 0. The third-order valence-corrected chi connectivity index (χ3v) is 3.31. The van der Waals surface area contributed by atoms with Gasteiger partial charge in [-0.05, 0) is 19.1 Å². The predicted molar refractivity (Wildman–Crippen MR) is 59.5 cm³/mol. The van der Waals surface area contributed by atoms with Gasteiger partial charge in [-0.2, -0.15) is 0 Å². The molecule has 0 aromatic carbocycles. The molecule has 0 bridgehead atoms. The molecule has 92 valence electrons. The summed E-state index contributed by atoms with van der Waals surface area (Å²) in [7, 11) is 0. The van der Waals surface area contributed by atoms with Crippen molar-refractivity contribution in [2.24, 2.45) is 5.92 Å². The molecule has 0 saturated heterocycles. The summed E-state index contributed by atoms with van der Waals surface area (Å²) in [6.45, 7) is 3.53. The zero-order chi connectivity index (χ0) is 12.6.